The molecular formula is C16H30N2O3. The summed E-state index contributed by atoms with van der Waals surface area (Å²) in [5.41, 5.74) is 0. The maximum absolute atomic E-state index is 11.8. The molecular weight excluding hydrogens is 268 g/mol. The van der Waals surface area contributed by atoms with E-state index >= 15 is 0 Å². The number of nitrogens with one attached hydrogen (secondary N) is 2. The van der Waals surface area contributed by atoms with Crippen LogP contribution in [0.4, 0.5) is 0 Å². The summed E-state index contributed by atoms with van der Waals surface area (Å²) in [6.45, 7) is 4.13. The Morgan fingerprint density at radius 1 is 1.14 bits per heavy atom. The zero-order chi connectivity index (χ0) is 15.7. The average molecular weight is 298 g/mol. The summed E-state index contributed by atoms with van der Waals surface area (Å²) in [6, 6.07) is 0.600. The summed E-state index contributed by atoms with van der Waals surface area (Å²) in [7, 11) is 0. The maximum atomic E-state index is 11.8. The molecule has 0 saturated heterocycles. The summed E-state index contributed by atoms with van der Waals surface area (Å²) in [5.74, 6) is -0.943. The molecule has 2 atom stereocenters. The van der Waals surface area contributed by atoms with E-state index in [-0.39, 0.29) is 17.9 Å². The van der Waals surface area contributed by atoms with Gasteiger partial charge in [-0.2, -0.15) is 0 Å². The average Bonchev–Trinajstić information content (AvgIpc) is 2.46. The van der Waals surface area contributed by atoms with Crippen molar-refractivity contribution in [3.05, 3.63) is 0 Å². The molecule has 0 bridgehead atoms. The van der Waals surface area contributed by atoms with Crippen LogP contribution in [0.25, 0.3) is 0 Å². The Morgan fingerprint density at radius 3 is 2.43 bits per heavy atom. The lowest BCUT2D eigenvalue weighted by Crippen LogP contribution is -2.43. The molecule has 0 radical (unpaired) electrons. The number of carboxylic acid groups (broad SMARTS) is 1. The lowest BCUT2D eigenvalue weighted by Gasteiger charge is -2.23. The van der Waals surface area contributed by atoms with Crippen molar-refractivity contribution in [2.75, 3.05) is 6.54 Å². The lowest BCUT2D eigenvalue weighted by atomic mass is 9.95. The molecule has 1 fully saturated rings. The Balaban J connectivity index is 2.07. The summed E-state index contributed by atoms with van der Waals surface area (Å²) in [5, 5.41) is 15.1. The SMILES string of the molecule is CC(CCCC(C)C(=O)O)NCC(=O)NC1CCCCC1. The van der Waals surface area contributed by atoms with Gasteiger partial charge in [0.25, 0.3) is 0 Å². The van der Waals surface area contributed by atoms with Crippen LogP contribution in [0.1, 0.15) is 65.2 Å². The molecule has 5 heteroatoms. The standard InChI is InChI=1S/C16H30N2O3/c1-12(16(20)21)7-6-8-13(2)17-11-15(19)18-14-9-4-3-5-10-14/h12-14,17H,3-11H2,1-2H3,(H,18,19)(H,20,21). The molecule has 21 heavy (non-hydrogen) atoms. The molecule has 5 nitrogen and oxygen atoms in total. The zero-order valence-corrected chi connectivity index (χ0v) is 13.4. The van der Waals surface area contributed by atoms with E-state index in [1.165, 1.54) is 19.3 Å². The molecule has 0 aromatic heterocycles. The smallest absolute Gasteiger partial charge is 0.306 e. The Kier molecular flexibility index (Phi) is 8.35. The molecule has 122 valence electrons. The first-order chi connectivity index (χ1) is 9.99. The lowest BCUT2D eigenvalue weighted by molar-refractivity contribution is -0.141. The molecule has 0 aromatic rings. The van der Waals surface area contributed by atoms with Crippen molar-refractivity contribution in [2.24, 2.45) is 5.92 Å². The molecule has 3 N–H and O–H groups in total. The molecule has 1 rings (SSSR count). The number of carboxylic acids is 1. The van der Waals surface area contributed by atoms with Crippen LogP contribution in [0.2, 0.25) is 0 Å². The van der Waals surface area contributed by atoms with Gasteiger partial charge in [-0.05, 0) is 32.6 Å². The third kappa shape index (κ3) is 8.05. The van der Waals surface area contributed by atoms with Gasteiger partial charge in [-0.3, -0.25) is 9.59 Å². The molecule has 1 aliphatic carbocycles. The summed E-state index contributed by atoms with van der Waals surface area (Å²) in [6.07, 6.45) is 8.39. The maximum Gasteiger partial charge on any atom is 0.306 e. The van der Waals surface area contributed by atoms with Gasteiger partial charge in [-0.1, -0.05) is 32.6 Å². The van der Waals surface area contributed by atoms with E-state index < -0.39 is 5.97 Å². The number of amides is 1. The van der Waals surface area contributed by atoms with Crippen LogP contribution in [-0.2, 0) is 9.59 Å². The first-order valence-electron chi connectivity index (χ1n) is 8.24. The first-order valence-corrected chi connectivity index (χ1v) is 8.24. The van der Waals surface area contributed by atoms with Crippen molar-refractivity contribution in [3.8, 4) is 0 Å². The number of carbonyl (C=O) groups is 2. The largest absolute Gasteiger partial charge is 0.481 e. The van der Waals surface area contributed by atoms with Crippen molar-refractivity contribution >= 4 is 11.9 Å². The highest BCUT2D eigenvalue weighted by Crippen LogP contribution is 2.17. The highest BCUT2D eigenvalue weighted by molar-refractivity contribution is 5.78. The highest BCUT2D eigenvalue weighted by Gasteiger charge is 2.16. The van der Waals surface area contributed by atoms with Gasteiger partial charge in [0.15, 0.2) is 0 Å². The third-order valence-corrected chi connectivity index (χ3v) is 4.28. The van der Waals surface area contributed by atoms with Crippen LogP contribution in [0, 0.1) is 5.92 Å². The molecule has 0 aliphatic heterocycles. The fourth-order valence-electron chi connectivity index (χ4n) is 2.75. The number of rotatable bonds is 9. The number of hydrogen-bond donors (Lipinski definition) is 3. The monoisotopic (exact) mass is 298 g/mol. The second kappa shape index (κ2) is 9.77. The zero-order valence-electron chi connectivity index (χ0n) is 13.4. The van der Waals surface area contributed by atoms with Gasteiger partial charge >= 0.3 is 5.97 Å². The second-order valence-corrected chi connectivity index (χ2v) is 6.35. The quantitative estimate of drug-likeness (QED) is 0.610. The Morgan fingerprint density at radius 2 is 1.81 bits per heavy atom. The van der Waals surface area contributed by atoms with Crippen LogP contribution in [0.5, 0.6) is 0 Å². The Hall–Kier alpha value is -1.10. The number of carbonyl (C=O) groups excluding carboxylic acids is 1. The van der Waals surface area contributed by atoms with Crippen LogP contribution in [-0.4, -0.2) is 35.6 Å². The van der Waals surface area contributed by atoms with Crippen LogP contribution >= 0.6 is 0 Å². The van der Waals surface area contributed by atoms with Crippen LogP contribution < -0.4 is 10.6 Å². The molecule has 2 unspecified atom stereocenters. The summed E-state index contributed by atoms with van der Waals surface area (Å²) < 4.78 is 0. The van der Waals surface area contributed by atoms with Crippen molar-refractivity contribution in [2.45, 2.75) is 77.3 Å². The Labute approximate surface area is 127 Å². The van der Waals surface area contributed by atoms with Crippen molar-refractivity contribution in [1.82, 2.24) is 10.6 Å². The topological polar surface area (TPSA) is 78.4 Å². The van der Waals surface area contributed by atoms with Crippen molar-refractivity contribution < 1.29 is 14.7 Å². The minimum atomic E-state index is -0.734. The third-order valence-electron chi connectivity index (χ3n) is 4.28. The predicted octanol–water partition coefficient (Wildman–Crippen LogP) is 2.30. The van der Waals surface area contributed by atoms with Crippen LogP contribution in [0.15, 0.2) is 0 Å². The molecule has 0 heterocycles. The molecule has 1 amide bonds. The van der Waals surface area contributed by atoms with Gasteiger partial charge in [-0.15, -0.1) is 0 Å². The van der Waals surface area contributed by atoms with E-state index in [4.69, 9.17) is 5.11 Å². The van der Waals surface area contributed by atoms with E-state index in [0.29, 0.717) is 19.0 Å². The molecule has 0 aromatic carbocycles. The van der Waals surface area contributed by atoms with E-state index in [1.54, 1.807) is 6.92 Å². The molecule has 1 aliphatic rings. The van der Waals surface area contributed by atoms with Gasteiger partial charge in [0, 0.05) is 12.1 Å². The van der Waals surface area contributed by atoms with Gasteiger partial charge in [0.05, 0.1) is 12.5 Å². The normalized spacial score (nSPS) is 19.0. The van der Waals surface area contributed by atoms with E-state index in [0.717, 1.165) is 25.7 Å². The van der Waals surface area contributed by atoms with Crippen molar-refractivity contribution in [3.63, 3.8) is 0 Å². The van der Waals surface area contributed by atoms with E-state index in [9.17, 15) is 9.59 Å². The minimum absolute atomic E-state index is 0.0765. The summed E-state index contributed by atoms with van der Waals surface area (Å²) >= 11 is 0. The fourth-order valence-corrected chi connectivity index (χ4v) is 2.75. The minimum Gasteiger partial charge on any atom is -0.481 e. The van der Waals surface area contributed by atoms with Crippen molar-refractivity contribution in [1.29, 1.82) is 0 Å². The molecule has 0 spiro atoms. The van der Waals surface area contributed by atoms with Gasteiger partial charge in [0.1, 0.15) is 0 Å². The van der Waals surface area contributed by atoms with Crippen LogP contribution in [0.3, 0.4) is 0 Å². The first kappa shape index (κ1) is 18.0. The Bertz CT molecular complexity index is 327. The molecule has 1 saturated carbocycles. The number of hydrogen-bond acceptors (Lipinski definition) is 3. The van der Waals surface area contributed by atoms with Gasteiger partial charge < -0.3 is 15.7 Å². The fraction of sp³-hybridized carbons (Fsp3) is 0.875. The number of aliphatic carboxylic acids is 1. The highest BCUT2D eigenvalue weighted by atomic mass is 16.4. The predicted molar refractivity (Wildman–Crippen MR) is 83.1 cm³/mol. The van der Waals surface area contributed by atoms with E-state index in [1.807, 2.05) is 6.92 Å². The van der Waals surface area contributed by atoms with Gasteiger partial charge in [0.2, 0.25) is 5.91 Å². The second-order valence-electron chi connectivity index (χ2n) is 6.35. The summed E-state index contributed by atoms with van der Waals surface area (Å²) in [4.78, 5) is 22.5. The van der Waals surface area contributed by atoms with E-state index in [2.05, 4.69) is 10.6 Å². The van der Waals surface area contributed by atoms with Gasteiger partial charge in [-0.25, -0.2) is 0 Å².